The van der Waals surface area contributed by atoms with Crippen LogP contribution in [0.1, 0.15) is 29.7 Å². The first kappa shape index (κ1) is 16.0. The molecule has 2 aromatic rings. The number of carbonyl (C=O) groups is 1. The van der Waals surface area contributed by atoms with Crippen molar-refractivity contribution >= 4 is 17.5 Å². The van der Waals surface area contributed by atoms with Gasteiger partial charge in [-0.05, 0) is 30.2 Å². The third-order valence-corrected chi connectivity index (χ3v) is 4.72. The maximum Gasteiger partial charge on any atom is 0.275 e. The summed E-state index contributed by atoms with van der Waals surface area (Å²) in [5, 5.41) is 3.80. The summed E-state index contributed by atoms with van der Waals surface area (Å²) in [6.07, 6.45) is 1.05. The summed E-state index contributed by atoms with van der Waals surface area (Å²) in [6.45, 7) is 4.47. The summed E-state index contributed by atoms with van der Waals surface area (Å²) < 4.78 is 0. The number of fused-ring (bicyclic) bond motifs is 1. The number of quaternary nitrogens is 1. The number of benzene rings is 2. The van der Waals surface area contributed by atoms with Gasteiger partial charge in [0.15, 0.2) is 6.54 Å². The van der Waals surface area contributed by atoms with Gasteiger partial charge in [-0.1, -0.05) is 48.0 Å². The second-order valence-corrected chi connectivity index (χ2v) is 6.65. The van der Waals surface area contributed by atoms with Gasteiger partial charge in [0.05, 0.1) is 12.6 Å². The quantitative estimate of drug-likeness (QED) is 0.885. The Morgan fingerprint density at radius 1 is 1.17 bits per heavy atom. The van der Waals surface area contributed by atoms with Crippen molar-refractivity contribution in [3.8, 4) is 0 Å². The molecule has 0 aliphatic carbocycles. The van der Waals surface area contributed by atoms with Crippen LogP contribution >= 0.6 is 11.6 Å². The molecular weight excluding hydrogens is 308 g/mol. The van der Waals surface area contributed by atoms with Crippen LogP contribution in [-0.4, -0.2) is 19.0 Å². The van der Waals surface area contributed by atoms with Crippen LogP contribution in [0.25, 0.3) is 0 Å². The second kappa shape index (κ2) is 7.16. The van der Waals surface area contributed by atoms with E-state index in [-0.39, 0.29) is 11.9 Å². The van der Waals surface area contributed by atoms with Gasteiger partial charge in [-0.3, -0.25) is 4.79 Å². The Hall–Kier alpha value is -1.84. The number of amides is 1. The van der Waals surface area contributed by atoms with E-state index in [1.807, 2.05) is 31.2 Å². The SMILES string of the molecule is C[C@@H](NC(=O)C[NH+]1CCc2ccccc2C1)c1ccc(Cl)cc1. The molecule has 0 fully saturated rings. The number of hydrogen-bond donors (Lipinski definition) is 2. The van der Waals surface area contributed by atoms with Crippen LogP contribution in [0, 0.1) is 0 Å². The fraction of sp³-hybridized carbons (Fsp3) is 0.316. The Bertz CT molecular complexity index is 684. The Kier molecular flexibility index (Phi) is 4.99. The molecular formula is C19H22ClN2O+. The first-order valence-electron chi connectivity index (χ1n) is 8.07. The van der Waals surface area contributed by atoms with Gasteiger partial charge in [0, 0.05) is 17.0 Å². The number of carbonyl (C=O) groups excluding carboxylic acids is 1. The minimum Gasteiger partial charge on any atom is -0.345 e. The highest BCUT2D eigenvalue weighted by molar-refractivity contribution is 6.30. The highest BCUT2D eigenvalue weighted by Crippen LogP contribution is 2.15. The van der Waals surface area contributed by atoms with E-state index >= 15 is 0 Å². The Morgan fingerprint density at radius 3 is 2.61 bits per heavy atom. The van der Waals surface area contributed by atoms with E-state index in [1.54, 1.807) is 0 Å². The van der Waals surface area contributed by atoms with Crippen LogP contribution in [0.4, 0.5) is 0 Å². The Morgan fingerprint density at radius 2 is 1.87 bits per heavy atom. The predicted octanol–water partition coefficient (Wildman–Crippen LogP) is 2.16. The molecule has 1 heterocycles. The van der Waals surface area contributed by atoms with E-state index < -0.39 is 0 Å². The second-order valence-electron chi connectivity index (χ2n) is 6.21. The largest absolute Gasteiger partial charge is 0.345 e. The molecule has 3 nitrogen and oxygen atoms in total. The molecule has 0 saturated heterocycles. The van der Waals surface area contributed by atoms with E-state index in [0.29, 0.717) is 11.6 Å². The maximum absolute atomic E-state index is 12.3. The summed E-state index contributed by atoms with van der Waals surface area (Å²) >= 11 is 5.90. The molecule has 3 rings (SSSR count). The average molecular weight is 330 g/mol. The zero-order valence-electron chi connectivity index (χ0n) is 13.3. The van der Waals surface area contributed by atoms with Crippen molar-refractivity contribution in [1.82, 2.24) is 5.32 Å². The molecule has 0 spiro atoms. The van der Waals surface area contributed by atoms with Gasteiger partial charge in [-0.25, -0.2) is 0 Å². The normalized spacial score (nSPS) is 18.1. The maximum atomic E-state index is 12.3. The zero-order valence-corrected chi connectivity index (χ0v) is 14.1. The molecule has 0 aromatic heterocycles. The lowest BCUT2D eigenvalue weighted by Gasteiger charge is -2.26. The van der Waals surface area contributed by atoms with Crippen LogP contribution in [-0.2, 0) is 17.8 Å². The van der Waals surface area contributed by atoms with Gasteiger partial charge in [-0.2, -0.15) is 0 Å². The molecule has 1 aliphatic rings. The summed E-state index contributed by atoms with van der Waals surface area (Å²) in [5.41, 5.74) is 3.86. The van der Waals surface area contributed by atoms with E-state index in [2.05, 4.69) is 29.6 Å². The lowest BCUT2D eigenvalue weighted by molar-refractivity contribution is -0.908. The van der Waals surface area contributed by atoms with Crippen LogP contribution < -0.4 is 10.2 Å². The van der Waals surface area contributed by atoms with Crippen molar-refractivity contribution in [2.24, 2.45) is 0 Å². The van der Waals surface area contributed by atoms with Gasteiger partial charge < -0.3 is 10.2 Å². The minimum absolute atomic E-state index is 0.00348. The molecule has 4 heteroatoms. The summed E-state index contributed by atoms with van der Waals surface area (Å²) in [7, 11) is 0. The van der Waals surface area contributed by atoms with Crippen molar-refractivity contribution < 1.29 is 9.69 Å². The number of hydrogen-bond acceptors (Lipinski definition) is 1. The molecule has 0 radical (unpaired) electrons. The van der Waals surface area contributed by atoms with Crippen molar-refractivity contribution in [2.45, 2.75) is 25.9 Å². The highest BCUT2D eigenvalue weighted by Gasteiger charge is 2.22. The number of halogens is 1. The molecule has 120 valence electrons. The fourth-order valence-electron chi connectivity index (χ4n) is 3.15. The van der Waals surface area contributed by atoms with Crippen LogP contribution in [0.5, 0.6) is 0 Å². The van der Waals surface area contributed by atoms with Gasteiger partial charge in [0.25, 0.3) is 5.91 Å². The minimum atomic E-state index is -0.00348. The third-order valence-electron chi connectivity index (χ3n) is 4.46. The van der Waals surface area contributed by atoms with Gasteiger partial charge >= 0.3 is 0 Å². The molecule has 0 saturated carbocycles. The Balaban J connectivity index is 1.55. The van der Waals surface area contributed by atoms with Gasteiger partial charge in [0.1, 0.15) is 6.54 Å². The molecule has 2 N–H and O–H groups in total. The molecule has 2 aromatic carbocycles. The van der Waals surface area contributed by atoms with Crippen LogP contribution in [0.3, 0.4) is 0 Å². The molecule has 23 heavy (non-hydrogen) atoms. The monoisotopic (exact) mass is 329 g/mol. The highest BCUT2D eigenvalue weighted by atomic mass is 35.5. The van der Waals surface area contributed by atoms with Crippen LogP contribution in [0.2, 0.25) is 5.02 Å². The van der Waals surface area contributed by atoms with E-state index in [4.69, 9.17) is 11.6 Å². The topological polar surface area (TPSA) is 33.5 Å². The standard InChI is InChI=1S/C19H21ClN2O/c1-14(15-6-8-18(20)9-7-15)21-19(23)13-22-11-10-16-4-2-3-5-17(16)12-22/h2-9,14H,10-13H2,1H3,(H,21,23)/p+1/t14-/m1/s1. The average Bonchev–Trinajstić information content (AvgIpc) is 2.55. The lowest BCUT2D eigenvalue weighted by atomic mass is 10.00. The first-order valence-corrected chi connectivity index (χ1v) is 8.45. The Labute approximate surface area is 142 Å². The van der Waals surface area contributed by atoms with Crippen LogP contribution in [0.15, 0.2) is 48.5 Å². The van der Waals surface area contributed by atoms with E-state index in [1.165, 1.54) is 16.0 Å². The van der Waals surface area contributed by atoms with Crippen molar-refractivity contribution in [1.29, 1.82) is 0 Å². The predicted molar refractivity (Wildman–Crippen MR) is 92.6 cm³/mol. The fourth-order valence-corrected chi connectivity index (χ4v) is 3.27. The van der Waals surface area contributed by atoms with Gasteiger partial charge in [-0.15, -0.1) is 0 Å². The molecule has 1 unspecified atom stereocenters. The summed E-state index contributed by atoms with van der Waals surface area (Å²) in [6, 6.07) is 16.1. The van der Waals surface area contributed by atoms with Crippen molar-refractivity contribution in [3.05, 3.63) is 70.2 Å². The smallest absolute Gasteiger partial charge is 0.275 e. The third kappa shape index (κ3) is 4.12. The summed E-state index contributed by atoms with van der Waals surface area (Å²) in [5.74, 6) is 0.0989. The number of nitrogens with one attached hydrogen (secondary N) is 2. The lowest BCUT2D eigenvalue weighted by Crippen LogP contribution is -3.12. The van der Waals surface area contributed by atoms with E-state index in [0.717, 1.165) is 25.1 Å². The molecule has 0 bridgehead atoms. The molecule has 1 amide bonds. The summed E-state index contributed by atoms with van der Waals surface area (Å²) in [4.78, 5) is 13.6. The first-order chi connectivity index (χ1) is 11.1. The van der Waals surface area contributed by atoms with Crippen molar-refractivity contribution in [3.63, 3.8) is 0 Å². The molecule has 1 aliphatic heterocycles. The van der Waals surface area contributed by atoms with Crippen molar-refractivity contribution in [2.75, 3.05) is 13.1 Å². The van der Waals surface area contributed by atoms with Gasteiger partial charge in [0.2, 0.25) is 0 Å². The number of rotatable bonds is 4. The zero-order chi connectivity index (χ0) is 16.2. The molecule has 2 atom stereocenters. The van der Waals surface area contributed by atoms with E-state index in [9.17, 15) is 4.79 Å².